The SMILES string of the molecule is C=CCCC(=O)C1=CC(C)(C)CCC1.COC(C)(C)C1=CC(C)(C)CCC1. The first-order valence-electron chi connectivity index (χ1n) is 10.6. The van der Waals surface area contributed by atoms with Crippen molar-refractivity contribution >= 4 is 5.78 Å². The Morgan fingerprint density at radius 2 is 1.67 bits per heavy atom. The molecule has 0 bridgehead atoms. The molecule has 0 saturated carbocycles. The highest BCUT2D eigenvalue weighted by Crippen LogP contribution is 2.38. The molecule has 2 aliphatic rings. The van der Waals surface area contributed by atoms with E-state index in [9.17, 15) is 4.79 Å². The lowest BCUT2D eigenvalue weighted by atomic mass is 9.76. The van der Waals surface area contributed by atoms with Crippen molar-refractivity contribution in [2.24, 2.45) is 10.8 Å². The topological polar surface area (TPSA) is 26.3 Å². The maximum atomic E-state index is 11.7. The molecule has 0 aromatic rings. The van der Waals surface area contributed by atoms with Crippen LogP contribution >= 0.6 is 0 Å². The number of carbonyl (C=O) groups is 1. The molecule has 2 nitrogen and oxygen atoms in total. The van der Waals surface area contributed by atoms with E-state index in [0.29, 0.717) is 17.6 Å². The second-order valence-electron chi connectivity index (χ2n) is 9.99. The zero-order valence-corrected chi connectivity index (χ0v) is 18.9. The highest BCUT2D eigenvalue weighted by Gasteiger charge is 2.29. The van der Waals surface area contributed by atoms with Crippen molar-refractivity contribution in [3.63, 3.8) is 0 Å². The number of ether oxygens (including phenoxy) is 1. The molecule has 0 saturated heterocycles. The predicted molar refractivity (Wildman–Crippen MR) is 117 cm³/mol. The molecule has 27 heavy (non-hydrogen) atoms. The Bertz CT molecular complexity index is 573. The van der Waals surface area contributed by atoms with Crippen molar-refractivity contribution in [3.8, 4) is 0 Å². The summed E-state index contributed by atoms with van der Waals surface area (Å²) in [4.78, 5) is 11.7. The third-order valence-electron chi connectivity index (χ3n) is 5.88. The van der Waals surface area contributed by atoms with Crippen molar-refractivity contribution in [1.29, 1.82) is 0 Å². The molecule has 0 aliphatic heterocycles. The first-order chi connectivity index (χ1) is 12.4. The molecule has 0 heterocycles. The Kier molecular flexibility index (Phi) is 8.73. The Balaban J connectivity index is 0.000000271. The van der Waals surface area contributed by atoms with Crippen molar-refractivity contribution in [2.75, 3.05) is 7.11 Å². The van der Waals surface area contributed by atoms with Crippen LogP contribution in [0, 0.1) is 10.8 Å². The third-order valence-corrected chi connectivity index (χ3v) is 5.88. The molecule has 0 unspecified atom stereocenters. The summed E-state index contributed by atoms with van der Waals surface area (Å²) in [5.41, 5.74) is 3.02. The van der Waals surface area contributed by atoms with Crippen molar-refractivity contribution < 1.29 is 9.53 Å². The van der Waals surface area contributed by atoms with E-state index in [1.807, 2.05) is 6.08 Å². The molecule has 0 fully saturated rings. The van der Waals surface area contributed by atoms with Gasteiger partial charge in [0.15, 0.2) is 5.78 Å². The molecule has 0 aromatic heterocycles. The van der Waals surface area contributed by atoms with Crippen LogP contribution in [0.25, 0.3) is 0 Å². The van der Waals surface area contributed by atoms with Crippen LogP contribution in [-0.4, -0.2) is 18.5 Å². The largest absolute Gasteiger partial charge is 0.374 e. The molecule has 0 amide bonds. The average molecular weight is 375 g/mol. The number of ketones is 1. The summed E-state index contributed by atoms with van der Waals surface area (Å²) in [6, 6.07) is 0. The van der Waals surface area contributed by atoms with Gasteiger partial charge in [-0.2, -0.15) is 0 Å². The number of hydrogen-bond acceptors (Lipinski definition) is 2. The normalized spacial score (nSPS) is 21.3. The lowest BCUT2D eigenvalue weighted by Gasteiger charge is -2.34. The molecule has 0 atom stereocenters. The van der Waals surface area contributed by atoms with Gasteiger partial charge >= 0.3 is 0 Å². The Morgan fingerprint density at radius 3 is 2.15 bits per heavy atom. The van der Waals surface area contributed by atoms with Gasteiger partial charge in [0.25, 0.3) is 0 Å². The van der Waals surface area contributed by atoms with Gasteiger partial charge in [0.1, 0.15) is 0 Å². The summed E-state index contributed by atoms with van der Waals surface area (Å²) in [6.45, 7) is 17.0. The van der Waals surface area contributed by atoms with Gasteiger partial charge < -0.3 is 4.74 Å². The molecule has 0 spiro atoms. The van der Waals surface area contributed by atoms with Crippen LogP contribution in [0.15, 0.2) is 36.0 Å². The zero-order valence-electron chi connectivity index (χ0n) is 18.9. The van der Waals surface area contributed by atoms with E-state index in [2.05, 4.69) is 60.3 Å². The molecule has 2 rings (SSSR count). The predicted octanol–water partition coefficient (Wildman–Crippen LogP) is 7.21. The summed E-state index contributed by atoms with van der Waals surface area (Å²) in [5.74, 6) is 0.317. The Hall–Kier alpha value is -1.15. The molecule has 2 heteroatoms. The number of allylic oxidation sites excluding steroid dienone is 4. The minimum atomic E-state index is -0.0717. The van der Waals surface area contributed by atoms with Gasteiger partial charge in [-0.25, -0.2) is 0 Å². The molecule has 0 radical (unpaired) electrons. The quantitative estimate of drug-likeness (QED) is 0.459. The van der Waals surface area contributed by atoms with E-state index in [1.54, 1.807) is 7.11 Å². The Labute approximate surface area is 168 Å². The van der Waals surface area contributed by atoms with E-state index in [0.717, 1.165) is 24.8 Å². The summed E-state index contributed by atoms with van der Waals surface area (Å²) in [6.07, 6.45) is 14.9. The van der Waals surface area contributed by atoms with Gasteiger partial charge in [-0.05, 0) is 80.8 Å². The lowest BCUT2D eigenvalue weighted by molar-refractivity contribution is -0.115. The molecule has 0 aromatic carbocycles. The molecule has 154 valence electrons. The van der Waals surface area contributed by atoms with Gasteiger partial charge in [0, 0.05) is 13.5 Å². The smallest absolute Gasteiger partial charge is 0.158 e. The summed E-state index contributed by atoms with van der Waals surface area (Å²) in [7, 11) is 1.79. The van der Waals surface area contributed by atoms with Crippen LogP contribution in [0.1, 0.15) is 92.9 Å². The number of methoxy groups -OCH3 is 1. The molecule has 0 N–H and O–H groups in total. The zero-order chi connectivity index (χ0) is 20.7. The van der Waals surface area contributed by atoms with Gasteiger partial charge in [0.05, 0.1) is 5.60 Å². The fourth-order valence-corrected chi connectivity index (χ4v) is 3.92. The minimum absolute atomic E-state index is 0.0717. The first-order valence-corrected chi connectivity index (χ1v) is 10.6. The van der Waals surface area contributed by atoms with E-state index >= 15 is 0 Å². The van der Waals surface area contributed by atoms with Crippen molar-refractivity contribution in [3.05, 3.63) is 36.0 Å². The number of rotatable bonds is 6. The van der Waals surface area contributed by atoms with Crippen molar-refractivity contribution in [2.45, 2.75) is 98.5 Å². The monoisotopic (exact) mass is 374 g/mol. The maximum absolute atomic E-state index is 11.7. The minimum Gasteiger partial charge on any atom is -0.374 e. The average Bonchev–Trinajstić information content (AvgIpc) is 2.58. The highest BCUT2D eigenvalue weighted by molar-refractivity contribution is 5.95. The fraction of sp³-hybridized carbons (Fsp3) is 0.720. The number of Topliss-reactive ketones (excluding diaryl/α,β-unsaturated/α-hetero) is 1. The van der Waals surface area contributed by atoms with Crippen LogP contribution in [0.4, 0.5) is 0 Å². The van der Waals surface area contributed by atoms with Crippen LogP contribution in [-0.2, 0) is 9.53 Å². The van der Waals surface area contributed by atoms with E-state index in [1.165, 1.54) is 31.3 Å². The highest BCUT2D eigenvalue weighted by atomic mass is 16.5. The van der Waals surface area contributed by atoms with Crippen LogP contribution < -0.4 is 0 Å². The van der Waals surface area contributed by atoms with Gasteiger partial charge in [-0.3, -0.25) is 4.79 Å². The van der Waals surface area contributed by atoms with E-state index in [4.69, 9.17) is 4.74 Å². The molecule has 2 aliphatic carbocycles. The van der Waals surface area contributed by atoms with Gasteiger partial charge in [-0.1, -0.05) is 45.9 Å². The van der Waals surface area contributed by atoms with Crippen LogP contribution in [0.5, 0.6) is 0 Å². The maximum Gasteiger partial charge on any atom is 0.158 e. The first kappa shape index (κ1) is 23.9. The third kappa shape index (κ3) is 8.17. The van der Waals surface area contributed by atoms with Crippen LogP contribution in [0.3, 0.4) is 0 Å². The fourth-order valence-electron chi connectivity index (χ4n) is 3.92. The second kappa shape index (κ2) is 9.87. The number of hydrogen-bond donors (Lipinski definition) is 0. The standard InChI is InChI=1S/C13H20O.C12H22O/c1-4-5-8-12(14)11-7-6-9-13(2,3)10-11;1-11(2)8-6-7-10(9-11)12(3,4)13-5/h4,10H,1,5-9H2,2-3H3;9H,6-8H2,1-5H3. The molecular weight excluding hydrogens is 332 g/mol. The molecular formula is C25H42O2. The van der Waals surface area contributed by atoms with Crippen LogP contribution in [0.2, 0.25) is 0 Å². The summed E-state index contributed by atoms with van der Waals surface area (Å²) >= 11 is 0. The van der Waals surface area contributed by atoms with Crippen molar-refractivity contribution in [1.82, 2.24) is 0 Å². The summed E-state index contributed by atoms with van der Waals surface area (Å²) < 4.78 is 5.50. The second-order valence-corrected chi connectivity index (χ2v) is 9.99. The van der Waals surface area contributed by atoms with E-state index < -0.39 is 0 Å². The lowest BCUT2D eigenvalue weighted by Crippen LogP contribution is -2.29. The summed E-state index contributed by atoms with van der Waals surface area (Å²) in [5, 5.41) is 0. The van der Waals surface area contributed by atoms with Gasteiger partial charge in [0.2, 0.25) is 0 Å². The number of carbonyl (C=O) groups excluding carboxylic acids is 1. The van der Waals surface area contributed by atoms with E-state index in [-0.39, 0.29) is 11.0 Å². The van der Waals surface area contributed by atoms with Gasteiger partial charge in [-0.15, -0.1) is 6.58 Å². The Morgan fingerprint density at radius 1 is 1.11 bits per heavy atom.